The van der Waals surface area contributed by atoms with Gasteiger partial charge in [-0.3, -0.25) is 0 Å². The molecule has 2 rings (SSSR count). The molecule has 0 saturated carbocycles. The van der Waals surface area contributed by atoms with Crippen molar-refractivity contribution < 1.29 is 4.57 Å². The Labute approximate surface area is 104 Å². The number of benzene rings is 1. The average Bonchev–Trinajstić information content (AvgIpc) is 2.73. The van der Waals surface area contributed by atoms with Gasteiger partial charge in [-0.15, -0.1) is 0 Å². The van der Waals surface area contributed by atoms with Gasteiger partial charge < -0.3 is 0 Å². The summed E-state index contributed by atoms with van der Waals surface area (Å²) in [6, 6.07) is 10.6. The maximum absolute atomic E-state index is 2.36. The second-order valence-electron chi connectivity index (χ2n) is 4.37. The van der Waals surface area contributed by atoms with Crippen LogP contribution in [0.3, 0.4) is 0 Å². The third-order valence-electron chi connectivity index (χ3n) is 3.07. The molecule has 0 spiro atoms. The van der Waals surface area contributed by atoms with Gasteiger partial charge >= 0.3 is 0 Å². The number of aryl methyl sites for hydroxylation is 1. The molecule has 0 aliphatic heterocycles. The molecule has 0 fully saturated rings. The van der Waals surface area contributed by atoms with Crippen LogP contribution in [0.2, 0.25) is 0 Å². The molecule has 0 amide bonds. The maximum atomic E-state index is 2.36. The minimum atomic E-state index is 0.973. The van der Waals surface area contributed by atoms with Gasteiger partial charge in [-0.1, -0.05) is 44.2 Å². The van der Waals surface area contributed by atoms with Gasteiger partial charge in [0.05, 0.1) is 6.54 Å². The Hall–Kier alpha value is -1.57. The van der Waals surface area contributed by atoms with Crippen LogP contribution in [0.4, 0.5) is 0 Å². The Bertz CT molecular complexity index is 457. The van der Waals surface area contributed by atoms with E-state index in [1.807, 2.05) is 0 Å². The van der Waals surface area contributed by atoms with Gasteiger partial charge in [-0.05, 0) is 12.0 Å². The van der Waals surface area contributed by atoms with Crippen molar-refractivity contribution in [3.63, 3.8) is 0 Å². The van der Waals surface area contributed by atoms with Crippen LogP contribution in [-0.4, -0.2) is 4.57 Å². The first-order valence-corrected chi connectivity index (χ1v) is 6.46. The Morgan fingerprint density at radius 1 is 1.12 bits per heavy atom. The number of hydrogen-bond acceptors (Lipinski definition) is 0. The summed E-state index contributed by atoms with van der Waals surface area (Å²) in [4.78, 5) is 0. The van der Waals surface area contributed by atoms with Gasteiger partial charge in [0.1, 0.15) is 18.9 Å². The van der Waals surface area contributed by atoms with Crippen LogP contribution in [0, 0.1) is 0 Å². The van der Waals surface area contributed by atoms with Crippen LogP contribution in [0.15, 0.2) is 42.7 Å². The molecule has 90 valence electrons. The molecule has 0 N–H and O–H groups in total. The highest BCUT2D eigenvalue weighted by Gasteiger charge is 2.14. The Balaban J connectivity index is 2.21. The monoisotopic (exact) mass is 229 g/mol. The fourth-order valence-corrected chi connectivity index (χ4v) is 2.27. The van der Waals surface area contributed by atoms with E-state index >= 15 is 0 Å². The fraction of sp³-hybridized carbons (Fsp3) is 0.400. The number of hydrogen-bond donors (Lipinski definition) is 0. The van der Waals surface area contributed by atoms with E-state index in [1.165, 1.54) is 17.8 Å². The van der Waals surface area contributed by atoms with Crippen LogP contribution in [0.25, 0.3) is 0 Å². The second kappa shape index (κ2) is 5.67. The summed E-state index contributed by atoms with van der Waals surface area (Å²) in [5.74, 6) is 1.41. The first-order valence-electron chi connectivity index (χ1n) is 6.46. The minimum Gasteiger partial charge on any atom is -0.234 e. The molecule has 2 nitrogen and oxygen atoms in total. The quantitative estimate of drug-likeness (QED) is 0.697. The van der Waals surface area contributed by atoms with Crippen LogP contribution < -0.4 is 4.57 Å². The van der Waals surface area contributed by atoms with Crippen LogP contribution in [0.5, 0.6) is 0 Å². The molecule has 1 aromatic heterocycles. The summed E-state index contributed by atoms with van der Waals surface area (Å²) in [5.41, 5.74) is 1.36. The zero-order valence-electron chi connectivity index (χ0n) is 10.8. The molecule has 1 aromatic carbocycles. The predicted octanol–water partition coefficient (Wildman–Crippen LogP) is 2.80. The van der Waals surface area contributed by atoms with Gasteiger partial charge in [0.2, 0.25) is 0 Å². The van der Waals surface area contributed by atoms with Crippen molar-refractivity contribution in [1.29, 1.82) is 0 Å². The van der Waals surface area contributed by atoms with Crippen molar-refractivity contribution in [2.24, 2.45) is 0 Å². The lowest BCUT2D eigenvalue weighted by Gasteiger charge is -2.02. The highest BCUT2D eigenvalue weighted by atomic mass is 15.1. The first-order chi connectivity index (χ1) is 8.35. The zero-order valence-corrected chi connectivity index (χ0v) is 10.8. The van der Waals surface area contributed by atoms with E-state index in [-0.39, 0.29) is 0 Å². The van der Waals surface area contributed by atoms with Crippen LogP contribution >= 0.6 is 0 Å². The molecule has 1 heterocycles. The van der Waals surface area contributed by atoms with Crippen molar-refractivity contribution in [3.8, 4) is 0 Å². The normalized spacial score (nSPS) is 10.7. The van der Waals surface area contributed by atoms with Gasteiger partial charge in [0.25, 0.3) is 5.82 Å². The molecular weight excluding hydrogens is 208 g/mol. The standard InChI is InChI=1S/C15H21N2/c1-3-10-16-11-12-17(15(16)4-2)13-14-8-6-5-7-9-14/h5-9,11-12H,3-4,10,13H2,1-2H3/q+1. The Morgan fingerprint density at radius 2 is 1.88 bits per heavy atom. The molecule has 0 aliphatic carbocycles. The minimum absolute atomic E-state index is 0.973. The summed E-state index contributed by atoms with van der Waals surface area (Å²) in [5, 5.41) is 0. The zero-order chi connectivity index (χ0) is 12.1. The Kier molecular flexibility index (Phi) is 3.97. The summed E-state index contributed by atoms with van der Waals surface area (Å²) >= 11 is 0. The van der Waals surface area contributed by atoms with E-state index in [0.29, 0.717) is 0 Å². The van der Waals surface area contributed by atoms with Crippen molar-refractivity contribution in [2.45, 2.75) is 39.8 Å². The largest absolute Gasteiger partial charge is 0.256 e. The van der Waals surface area contributed by atoms with Gasteiger partial charge in [0, 0.05) is 6.42 Å². The SMILES string of the molecule is CCCn1cc[n+](Cc2ccccc2)c1CC. The molecule has 0 unspecified atom stereocenters. The highest BCUT2D eigenvalue weighted by Crippen LogP contribution is 2.02. The second-order valence-corrected chi connectivity index (χ2v) is 4.37. The van der Waals surface area contributed by atoms with E-state index in [0.717, 1.165) is 19.5 Å². The van der Waals surface area contributed by atoms with E-state index in [4.69, 9.17) is 0 Å². The molecule has 0 atom stereocenters. The third kappa shape index (κ3) is 2.76. The van der Waals surface area contributed by atoms with Crippen LogP contribution in [0.1, 0.15) is 31.7 Å². The molecule has 0 saturated heterocycles. The number of rotatable bonds is 5. The fourth-order valence-electron chi connectivity index (χ4n) is 2.27. The summed E-state index contributed by atoms with van der Waals surface area (Å²) in [6.07, 6.45) is 6.67. The van der Waals surface area contributed by atoms with E-state index in [9.17, 15) is 0 Å². The van der Waals surface area contributed by atoms with Crippen molar-refractivity contribution >= 4 is 0 Å². The molecule has 2 heteroatoms. The molecule has 0 aliphatic rings. The number of imidazole rings is 1. The number of nitrogens with zero attached hydrogens (tertiary/aromatic N) is 2. The topological polar surface area (TPSA) is 8.81 Å². The predicted molar refractivity (Wildman–Crippen MR) is 69.8 cm³/mol. The maximum Gasteiger partial charge on any atom is 0.256 e. The highest BCUT2D eigenvalue weighted by molar-refractivity contribution is 5.13. The number of aromatic nitrogens is 2. The molecule has 17 heavy (non-hydrogen) atoms. The van der Waals surface area contributed by atoms with Crippen molar-refractivity contribution in [2.75, 3.05) is 0 Å². The van der Waals surface area contributed by atoms with Crippen molar-refractivity contribution in [1.82, 2.24) is 4.57 Å². The van der Waals surface area contributed by atoms with E-state index in [2.05, 4.69) is 65.7 Å². The van der Waals surface area contributed by atoms with Gasteiger partial charge in [-0.2, -0.15) is 0 Å². The summed E-state index contributed by atoms with van der Waals surface area (Å²) in [7, 11) is 0. The van der Waals surface area contributed by atoms with Gasteiger partial charge in [-0.25, -0.2) is 9.13 Å². The summed E-state index contributed by atoms with van der Waals surface area (Å²) < 4.78 is 4.72. The van der Waals surface area contributed by atoms with Crippen molar-refractivity contribution in [3.05, 3.63) is 54.1 Å². The summed E-state index contributed by atoms with van der Waals surface area (Å²) in [6.45, 7) is 6.54. The molecule has 2 aromatic rings. The average molecular weight is 229 g/mol. The van der Waals surface area contributed by atoms with E-state index in [1.54, 1.807) is 0 Å². The van der Waals surface area contributed by atoms with E-state index < -0.39 is 0 Å². The molecule has 0 bridgehead atoms. The third-order valence-corrected chi connectivity index (χ3v) is 3.07. The van der Waals surface area contributed by atoms with Gasteiger partial charge in [0.15, 0.2) is 0 Å². The first kappa shape index (κ1) is 11.9. The Morgan fingerprint density at radius 3 is 2.53 bits per heavy atom. The molecular formula is C15H21N2+. The lowest BCUT2D eigenvalue weighted by Crippen LogP contribution is -2.37. The smallest absolute Gasteiger partial charge is 0.234 e. The molecule has 0 radical (unpaired) electrons. The van der Waals surface area contributed by atoms with Crippen LogP contribution in [-0.2, 0) is 19.5 Å². The lowest BCUT2D eigenvalue weighted by atomic mass is 10.2. The lowest BCUT2D eigenvalue weighted by molar-refractivity contribution is -0.695.